The van der Waals surface area contributed by atoms with Crippen LogP contribution in [0.4, 0.5) is 11.5 Å². The predicted molar refractivity (Wildman–Crippen MR) is 129 cm³/mol. The number of nitrogen functional groups attached to an aromatic ring is 1. The SMILES string of the molecule is CCN(C(=O)CN(C)Cc1cccc(OC)c1)c1c(N)n(Cc2ccccc2)c(=O)[nH]c1=O. The summed E-state index contributed by atoms with van der Waals surface area (Å²) in [7, 11) is 3.42. The standard InChI is InChI=1S/C24H29N5O4/c1-4-28(20(30)16-27(2)14-18-11-8-12-19(13-18)33-3)21-22(25)29(24(32)26-23(21)31)15-17-9-6-5-7-10-17/h5-13H,4,14-16,25H2,1-3H3,(H,26,31,32). The van der Waals surface area contributed by atoms with Crippen molar-refractivity contribution in [3.63, 3.8) is 0 Å². The molecule has 0 spiro atoms. The van der Waals surface area contributed by atoms with Crippen LogP contribution in [0, 0.1) is 0 Å². The average molecular weight is 452 g/mol. The summed E-state index contributed by atoms with van der Waals surface area (Å²) in [6, 6.07) is 16.9. The third-order valence-electron chi connectivity index (χ3n) is 5.28. The molecule has 3 aromatic rings. The van der Waals surface area contributed by atoms with E-state index in [-0.39, 0.29) is 37.0 Å². The first kappa shape index (κ1) is 23.8. The van der Waals surface area contributed by atoms with E-state index in [4.69, 9.17) is 10.5 Å². The Hall–Kier alpha value is -3.85. The van der Waals surface area contributed by atoms with Crippen LogP contribution in [0.5, 0.6) is 5.75 Å². The van der Waals surface area contributed by atoms with Crippen LogP contribution in [-0.4, -0.2) is 47.6 Å². The van der Waals surface area contributed by atoms with Gasteiger partial charge in [-0.2, -0.15) is 0 Å². The minimum Gasteiger partial charge on any atom is -0.497 e. The summed E-state index contributed by atoms with van der Waals surface area (Å²) in [5.74, 6) is 0.394. The first-order valence-electron chi connectivity index (χ1n) is 10.6. The molecule has 0 atom stereocenters. The van der Waals surface area contributed by atoms with Gasteiger partial charge in [0.25, 0.3) is 5.56 Å². The quantitative estimate of drug-likeness (QED) is 0.512. The van der Waals surface area contributed by atoms with Crippen LogP contribution in [-0.2, 0) is 17.9 Å². The van der Waals surface area contributed by atoms with Crippen molar-refractivity contribution in [2.24, 2.45) is 0 Å². The summed E-state index contributed by atoms with van der Waals surface area (Å²) >= 11 is 0. The molecular formula is C24H29N5O4. The monoisotopic (exact) mass is 451 g/mol. The number of amides is 1. The van der Waals surface area contributed by atoms with E-state index in [0.29, 0.717) is 6.54 Å². The Labute approximate surface area is 192 Å². The number of nitrogens with one attached hydrogen (secondary N) is 1. The average Bonchev–Trinajstić information content (AvgIpc) is 2.80. The molecule has 9 heteroatoms. The van der Waals surface area contributed by atoms with E-state index in [2.05, 4.69) is 4.98 Å². The van der Waals surface area contributed by atoms with Gasteiger partial charge in [-0.3, -0.25) is 24.0 Å². The van der Waals surface area contributed by atoms with Crippen molar-refractivity contribution >= 4 is 17.4 Å². The number of anilines is 2. The lowest BCUT2D eigenvalue weighted by Crippen LogP contribution is -2.44. The Morgan fingerprint density at radius 2 is 1.79 bits per heavy atom. The van der Waals surface area contributed by atoms with E-state index >= 15 is 0 Å². The van der Waals surface area contributed by atoms with Gasteiger partial charge in [-0.15, -0.1) is 0 Å². The van der Waals surface area contributed by atoms with Gasteiger partial charge in [-0.05, 0) is 37.2 Å². The summed E-state index contributed by atoms with van der Waals surface area (Å²) in [6.07, 6.45) is 0. The van der Waals surface area contributed by atoms with E-state index in [1.54, 1.807) is 14.0 Å². The highest BCUT2D eigenvalue weighted by Crippen LogP contribution is 2.19. The van der Waals surface area contributed by atoms with Gasteiger partial charge in [0.2, 0.25) is 5.91 Å². The third kappa shape index (κ3) is 5.69. The van der Waals surface area contributed by atoms with Crippen molar-refractivity contribution in [1.82, 2.24) is 14.5 Å². The second-order valence-corrected chi connectivity index (χ2v) is 7.73. The summed E-state index contributed by atoms with van der Waals surface area (Å²) in [4.78, 5) is 43.7. The zero-order valence-corrected chi connectivity index (χ0v) is 19.1. The molecule has 3 N–H and O–H groups in total. The number of carbonyl (C=O) groups is 1. The molecule has 33 heavy (non-hydrogen) atoms. The highest BCUT2D eigenvalue weighted by molar-refractivity contribution is 5.96. The number of aromatic amines is 1. The van der Waals surface area contributed by atoms with E-state index < -0.39 is 11.2 Å². The first-order valence-corrected chi connectivity index (χ1v) is 10.6. The molecule has 0 aliphatic carbocycles. The molecule has 0 saturated carbocycles. The smallest absolute Gasteiger partial charge is 0.330 e. The fraction of sp³-hybridized carbons (Fsp3) is 0.292. The molecule has 0 aliphatic heterocycles. The summed E-state index contributed by atoms with van der Waals surface area (Å²) in [5.41, 5.74) is 6.76. The minimum atomic E-state index is -0.688. The van der Waals surface area contributed by atoms with Crippen LogP contribution in [0.25, 0.3) is 0 Å². The van der Waals surface area contributed by atoms with Gasteiger partial charge < -0.3 is 15.4 Å². The van der Waals surface area contributed by atoms with Crippen molar-refractivity contribution < 1.29 is 9.53 Å². The Morgan fingerprint density at radius 1 is 1.09 bits per heavy atom. The van der Waals surface area contributed by atoms with Crippen molar-refractivity contribution in [3.8, 4) is 5.75 Å². The molecule has 3 rings (SSSR count). The lowest BCUT2D eigenvalue weighted by atomic mass is 10.2. The maximum Gasteiger partial charge on any atom is 0.330 e. The van der Waals surface area contributed by atoms with Gasteiger partial charge in [-0.1, -0.05) is 42.5 Å². The number of benzene rings is 2. The highest BCUT2D eigenvalue weighted by atomic mass is 16.5. The van der Waals surface area contributed by atoms with Crippen LogP contribution >= 0.6 is 0 Å². The summed E-state index contributed by atoms with van der Waals surface area (Å²) < 4.78 is 6.51. The van der Waals surface area contributed by atoms with Gasteiger partial charge in [0.15, 0.2) is 5.69 Å². The molecule has 0 aliphatic rings. The molecule has 0 radical (unpaired) electrons. The fourth-order valence-electron chi connectivity index (χ4n) is 3.67. The number of likely N-dealkylation sites (N-methyl/N-ethyl adjacent to an activating group) is 2. The lowest BCUT2D eigenvalue weighted by molar-refractivity contribution is -0.119. The molecule has 1 amide bonds. The van der Waals surface area contributed by atoms with Crippen molar-refractivity contribution in [1.29, 1.82) is 0 Å². The van der Waals surface area contributed by atoms with Crippen LogP contribution in [0.3, 0.4) is 0 Å². The second kappa shape index (κ2) is 10.6. The fourth-order valence-corrected chi connectivity index (χ4v) is 3.67. The van der Waals surface area contributed by atoms with Crippen molar-refractivity contribution in [2.75, 3.05) is 37.9 Å². The number of hydrogen-bond acceptors (Lipinski definition) is 6. The Bertz CT molecular complexity index is 1220. The van der Waals surface area contributed by atoms with Crippen LogP contribution < -0.4 is 26.6 Å². The highest BCUT2D eigenvalue weighted by Gasteiger charge is 2.24. The van der Waals surface area contributed by atoms with Crippen molar-refractivity contribution in [3.05, 3.63) is 86.6 Å². The maximum absolute atomic E-state index is 13.1. The first-order chi connectivity index (χ1) is 15.8. The molecule has 9 nitrogen and oxygen atoms in total. The van der Waals surface area contributed by atoms with Crippen LogP contribution in [0.2, 0.25) is 0 Å². The van der Waals surface area contributed by atoms with Crippen molar-refractivity contribution in [2.45, 2.75) is 20.0 Å². The number of methoxy groups -OCH3 is 1. The number of nitrogens with two attached hydrogens (primary N) is 1. The third-order valence-corrected chi connectivity index (χ3v) is 5.28. The molecule has 0 fully saturated rings. The molecule has 1 aromatic heterocycles. The van der Waals surface area contributed by atoms with E-state index in [1.807, 2.05) is 66.5 Å². The Balaban J connectivity index is 1.84. The summed E-state index contributed by atoms with van der Waals surface area (Å²) in [5, 5.41) is 0. The van der Waals surface area contributed by atoms with Crippen LogP contribution in [0.15, 0.2) is 64.2 Å². The predicted octanol–water partition coefficient (Wildman–Crippen LogP) is 1.66. The molecule has 2 aromatic carbocycles. The number of carbonyl (C=O) groups excluding carboxylic acids is 1. The Kier molecular flexibility index (Phi) is 7.68. The normalized spacial score (nSPS) is 10.9. The summed E-state index contributed by atoms with van der Waals surface area (Å²) in [6.45, 7) is 2.73. The number of rotatable bonds is 9. The van der Waals surface area contributed by atoms with Gasteiger partial charge >= 0.3 is 5.69 Å². The van der Waals surface area contributed by atoms with E-state index in [1.165, 1.54) is 9.47 Å². The second-order valence-electron chi connectivity index (χ2n) is 7.73. The molecule has 1 heterocycles. The number of hydrogen-bond donors (Lipinski definition) is 2. The zero-order valence-electron chi connectivity index (χ0n) is 19.1. The molecule has 174 valence electrons. The molecule has 0 unspecified atom stereocenters. The molecule has 0 bridgehead atoms. The maximum atomic E-state index is 13.1. The number of H-pyrrole nitrogens is 1. The number of aromatic nitrogens is 2. The topological polar surface area (TPSA) is 114 Å². The minimum absolute atomic E-state index is 0.0205. The largest absolute Gasteiger partial charge is 0.497 e. The van der Waals surface area contributed by atoms with Crippen LogP contribution in [0.1, 0.15) is 18.1 Å². The lowest BCUT2D eigenvalue weighted by Gasteiger charge is -2.25. The Morgan fingerprint density at radius 3 is 2.45 bits per heavy atom. The zero-order chi connectivity index (χ0) is 24.0. The van der Waals surface area contributed by atoms with E-state index in [9.17, 15) is 14.4 Å². The van der Waals surface area contributed by atoms with Gasteiger partial charge in [0.05, 0.1) is 20.2 Å². The van der Waals surface area contributed by atoms with Gasteiger partial charge in [0, 0.05) is 13.1 Å². The van der Waals surface area contributed by atoms with Gasteiger partial charge in [-0.25, -0.2) is 4.79 Å². The molecular weight excluding hydrogens is 422 g/mol. The number of ether oxygens (including phenoxy) is 1. The van der Waals surface area contributed by atoms with E-state index in [0.717, 1.165) is 16.9 Å². The number of nitrogens with zero attached hydrogens (tertiary/aromatic N) is 3. The van der Waals surface area contributed by atoms with Gasteiger partial charge in [0.1, 0.15) is 11.6 Å². The molecule has 0 saturated heterocycles.